The van der Waals surface area contributed by atoms with E-state index < -0.39 is 5.91 Å². The predicted octanol–water partition coefficient (Wildman–Crippen LogP) is 4.49. The summed E-state index contributed by atoms with van der Waals surface area (Å²) in [6.45, 7) is 4.03. The summed E-state index contributed by atoms with van der Waals surface area (Å²) in [7, 11) is 0. The molecule has 0 fully saturated rings. The molecule has 0 spiro atoms. The van der Waals surface area contributed by atoms with Crippen LogP contribution in [0.5, 0.6) is 0 Å². The zero-order chi connectivity index (χ0) is 21.9. The molecule has 4 N–H and O–H groups in total. The van der Waals surface area contributed by atoms with Crippen LogP contribution in [0.3, 0.4) is 0 Å². The zero-order valence-corrected chi connectivity index (χ0v) is 20.7. The van der Waals surface area contributed by atoms with Crippen LogP contribution in [0, 0.1) is 0 Å². The molecule has 0 aromatic heterocycles. The van der Waals surface area contributed by atoms with Gasteiger partial charge in [0.1, 0.15) is 0 Å². The fraction of sp³-hybridized carbons (Fsp3) is 0.231. The van der Waals surface area contributed by atoms with Crippen molar-refractivity contribution in [2.75, 3.05) is 13.1 Å². The van der Waals surface area contributed by atoms with Crippen LogP contribution >= 0.6 is 24.0 Å². The maximum Gasteiger partial charge on any atom is 0.248 e. The lowest BCUT2D eigenvalue weighted by Gasteiger charge is -2.20. The molecule has 0 radical (unpaired) electrons. The predicted molar refractivity (Wildman–Crippen MR) is 143 cm³/mol. The molecular weight excluding hydrogens is 511 g/mol. The smallest absolute Gasteiger partial charge is 0.248 e. The Hall–Kier alpha value is -2.87. The summed E-state index contributed by atoms with van der Waals surface area (Å²) in [5.41, 5.74) is 9.43. The first kappa shape index (κ1) is 25.4. The molecule has 0 heterocycles. The molecule has 0 saturated heterocycles. The Kier molecular flexibility index (Phi) is 10.7. The van der Waals surface area contributed by atoms with Crippen LogP contribution in [0.15, 0.2) is 89.9 Å². The van der Waals surface area contributed by atoms with E-state index in [-0.39, 0.29) is 24.0 Å². The van der Waals surface area contributed by atoms with E-state index in [9.17, 15) is 4.79 Å². The molecule has 1 atom stereocenters. The van der Waals surface area contributed by atoms with E-state index in [1.807, 2.05) is 31.2 Å². The van der Waals surface area contributed by atoms with Crippen molar-refractivity contribution < 1.29 is 4.79 Å². The molecule has 32 heavy (non-hydrogen) atoms. The van der Waals surface area contributed by atoms with Gasteiger partial charge in [-0.15, -0.1) is 24.0 Å². The third-order valence-corrected chi connectivity index (χ3v) is 5.09. The number of rotatable bonds is 9. The maximum atomic E-state index is 11.4. The topological polar surface area (TPSA) is 79.5 Å². The molecule has 0 saturated carbocycles. The first-order chi connectivity index (χ1) is 15.2. The first-order valence-corrected chi connectivity index (χ1v) is 10.7. The molecule has 0 aliphatic carbocycles. The first-order valence-electron chi connectivity index (χ1n) is 10.7. The van der Waals surface area contributed by atoms with Crippen molar-refractivity contribution >= 4 is 35.8 Å². The Morgan fingerprint density at radius 2 is 1.56 bits per heavy atom. The minimum atomic E-state index is -0.428. The Morgan fingerprint density at radius 3 is 2.22 bits per heavy atom. The van der Waals surface area contributed by atoms with Gasteiger partial charge in [0.25, 0.3) is 0 Å². The van der Waals surface area contributed by atoms with Crippen LogP contribution in [0.4, 0.5) is 0 Å². The maximum absolute atomic E-state index is 11.4. The number of amides is 1. The quantitative estimate of drug-likeness (QED) is 0.212. The second kappa shape index (κ2) is 13.5. The van der Waals surface area contributed by atoms with E-state index in [4.69, 9.17) is 10.7 Å². The largest absolute Gasteiger partial charge is 0.366 e. The van der Waals surface area contributed by atoms with Crippen molar-refractivity contribution in [3.63, 3.8) is 0 Å². The minimum absolute atomic E-state index is 0. The van der Waals surface area contributed by atoms with Crippen LogP contribution in [-0.2, 0) is 13.0 Å². The second-order valence-electron chi connectivity index (χ2n) is 7.44. The third kappa shape index (κ3) is 8.00. The normalized spacial score (nSPS) is 11.8. The number of guanidine groups is 1. The van der Waals surface area contributed by atoms with Crippen LogP contribution < -0.4 is 16.4 Å². The summed E-state index contributed by atoms with van der Waals surface area (Å²) in [5, 5.41) is 6.80. The van der Waals surface area contributed by atoms with Gasteiger partial charge in [-0.05, 0) is 42.2 Å². The molecule has 1 unspecified atom stereocenters. The highest BCUT2D eigenvalue weighted by atomic mass is 127. The number of nitrogens with one attached hydrogen (secondary N) is 2. The number of carbonyl (C=O) groups is 1. The number of hydrogen-bond acceptors (Lipinski definition) is 2. The summed E-state index contributed by atoms with van der Waals surface area (Å²) in [6, 6.07) is 28.4. The van der Waals surface area contributed by atoms with Gasteiger partial charge in [0, 0.05) is 24.6 Å². The summed E-state index contributed by atoms with van der Waals surface area (Å²) < 4.78 is 0. The fourth-order valence-electron chi connectivity index (χ4n) is 3.49. The summed E-state index contributed by atoms with van der Waals surface area (Å²) >= 11 is 0. The van der Waals surface area contributed by atoms with Crippen LogP contribution in [0.25, 0.3) is 0 Å². The Labute approximate surface area is 207 Å². The van der Waals surface area contributed by atoms with Gasteiger partial charge >= 0.3 is 0 Å². The van der Waals surface area contributed by atoms with Gasteiger partial charge in [0.2, 0.25) is 5.91 Å². The highest BCUT2D eigenvalue weighted by Gasteiger charge is 2.13. The minimum Gasteiger partial charge on any atom is -0.366 e. The number of nitrogens with two attached hydrogens (primary N) is 1. The Bertz CT molecular complexity index is 993. The molecule has 168 valence electrons. The average molecular weight is 542 g/mol. The summed E-state index contributed by atoms with van der Waals surface area (Å²) in [6.07, 6.45) is 0.942. The lowest BCUT2D eigenvalue weighted by Crippen LogP contribution is -2.39. The highest BCUT2D eigenvalue weighted by molar-refractivity contribution is 14.0. The lowest BCUT2D eigenvalue weighted by atomic mass is 9.92. The van der Waals surface area contributed by atoms with E-state index in [1.165, 1.54) is 11.1 Å². The van der Waals surface area contributed by atoms with Gasteiger partial charge in [-0.1, -0.05) is 72.8 Å². The van der Waals surface area contributed by atoms with Gasteiger partial charge < -0.3 is 16.4 Å². The number of nitrogens with zero attached hydrogens (tertiary/aromatic N) is 1. The Balaban J connectivity index is 0.00000363. The molecule has 3 aromatic carbocycles. The van der Waals surface area contributed by atoms with Crippen molar-refractivity contribution in [1.29, 1.82) is 0 Å². The molecular formula is C26H31IN4O. The van der Waals surface area contributed by atoms with Gasteiger partial charge in [-0.2, -0.15) is 0 Å². The van der Waals surface area contributed by atoms with Gasteiger partial charge in [0.05, 0.1) is 6.54 Å². The SMILES string of the molecule is CCNC(=NCc1cccc(C(N)=O)c1)NCC(Cc1ccccc1)c1ccccc1.I. The molecule has 0 bridgehead atoms. The fourth-order valence-corrected chi connectivity index (χ4v) is 3.49. The van der Waals surface area contributed by atoms with Crippen LogP contribution in [0.2, 0.25) is 0 Å². The van der Waals surface area contributed by atoms with Gasteiger partial charge in [0.15, 0.2) is 5.96 Å². The standard InChI is InChI=1S/C26H30N4O.HI/c1-2-28-26(29-18-21-12-9-15-23(17-21)25(27)31)30-19-24(22-13-7-4-8-14-22)16-20-10-5-3-6-11-20;/h3-15,17,24H,2,16,18-19H2,1H3,(H2,27,31)(H2,28,29,30);1H. The number of hydrogen-bond donors (Lipinski definition) is 3. The Morgan fingerprint density at radius 1 is 0.906 bits per heavy atom. The van der Waals surface area contributed by atoms with E-state index in [0.717, 1.165) is 31.0 Å². The second-order valence-corrected chi connectivity index (χ2v) is 7.44. The number of aliphatic imine (C=N–C) groups is 1. The van der Waals surface area contributed by atoms with E-state index >= 15 is 0 Å². The van der Waals surface area contributed by atoms with Crippen LogP contribution in [-0.4, -0.2) is 25.0 Å². The number of benzene rings is 3. The number of primary amides is 1. The van der Waals surface area contributed by atoms with Crippen molar-refractivity contribution in [2.45, 2.75) is 25.8 Å². The molecule has 3 rings (SSSR count). The van der Waals surface area contributed by atoms with Crippen molar-refractivity contribution in [1.82, 2.24) is 10.6 Å². The van der Waals surface area contributed by atoms with Crippen molar-refractivity contribution in [2.24, 2.45) is 10.7 Å². The highest BCUT2D eigenvalue weighted by Crippen LogP contribution is 2.20. The van der Waals surface area contributed by atoms with Crippen molar-refractivity contribution in [3.05, 3.63) is 107 Å². The number of carbonyl (C=O) groups excluding carboxylic acids is 1. The third-order valence-electron chi connectivity index (χ3n) is 5.09. The molecule has 5 nitrogen and oxygen atoms in total. The summed E-state index contributed by atoms with van der Waals surface area (Å²) in [4.78, 5) is 16.1. The lowest BCUT2D eigenvalue weighted by molar-refractivity contribution is 0.1000. The zero-order valence-electron chi connectivity index (χ0n) is 18.3. The van der Waals surface area contributed by atoms with Gasteiger partial charge in [-0.25, -0.2) is 4.99 Å². The molecule has 6 heteroatoms. The monoisotopic (exact) mass is 542 g/mol. The van der Waals surface area contributed by atoms with Crippen molar-refractivity contribution in [3.8, 4) is 0 Å². The summed E-state index contributed by atoms with van der Waals surface area (Å²) in [5.74, 6) is 0.633. The van der Waals surface area contributed by atoms with Crippen LogP contribution in [0.1, 0.15) is 39.9 Å². The van der Waals surface area contributed by atoms with E-state index in [1.54, 1.807) is 12.1 Å². The van der Waals surface area contributed by atoms with Gasteiger partial charge in [-0.3, -0.25) is 4.79 Å². The molecule has 3 aromatic rings. The average Bonchev–Trinajstić information content (AvgIpc) is 2.81. The number of halogens is 1. The van der Waals surface area contributed by atoms with E-state index in [0.29, 0.717) is 18.0 Å². The molecule has 0 aliphatic heterocycles. The van der Waals surface area contributed by atoms with E-state index in [2.05, 4.69) is 59.2 Å². The molecule has 0 aliphatic rings. The molecule has 1 amide bonds.